The van der Waals surface area contributed by atoms with Crippen molar-refractivity contribution in [3.05, 3.63) is 33.2 Å². The normalized spacial score (nSPS) is 14.0. The summed E-state index contributed by atoms with van der Waals surface area (Å²) in [6.45, 7) is 7.23. The van der Waals surface area contributed by atoms with Crippen molar-refractivity contribution in [2.45, 2.75) is 46.2 Å². The lowest BCUT2D eigenvalue weighted by molar-refractivity contribution is 0.199. The summed E-state index contributed by atoms with van der Waals surface area (Å²) in [5.74, 6) is 0.495. The summed E-state index contributed by atoms with van der Waals surface area (Å²) in [6.07, 6.45) is 3.33. The van der Waals surface area contributed by atoms with E-state index in [1.54, 1.807) is 7.11 Å². The van der Waals surface area contributed by atoms with Gasteiger partial charge in [0.2, 0.25) is 0 Å². The van der Waals surface area contributed by atoms with Gasteiger partial charge in [-0.05, 0) is 36.8 Å². The van der Waals surface area contributed by atoms with E-state index in [1.165, 1.54) is 17.7 Å². The molecule has 0 saturated carbocycles. The molecule has 2 rings (SSSR count). The second-order valence-electron chi connectivity index (χ2n) is 5.97. The monoisotopic (exact) mass is 278 g/mol. The molecule has 0 aromatic carbocycles. The molecule has 1 aliphatic rings. The molecule has 4 nitrogen and oxygen atoms in total. The van der Waals surface area contributed by atoms with Crippen LogP contribution in [-0.2, 0) is 30.7 Å². The third-order valence-electron chi connectivity index (χ3n) is 3.77. The molecule has 20 heavy (non-hydrogen) atoms. The Hall–Kier alpha value is -1.13. The van der Waals surface area contributed by atoms with E-state index in [0.29, 0.717) is 19.1 Å². The first-order valence-corrected chi connectivity index (χ1v) is 7.57. The van der Waals surface area contributed by atoms with Crippen molar-refractivity contribution < 1.29 is 4.74 Å². The molecule has 1 aromatic heterocycles. The van der Waals surface area contributed by atoms with E-state index in [-0.39, 0.29) is 5.56 Å². The van der Waals surface area contributed by atoms with Crippen LogP contribution in [0.4, 0.5) is 0 Å². The molecule has 0 unspecified atom stereocenters. The number of hydrogen-bond donors (Lipinski definition) is 1. The summed E-state index contributed by atoms with van der Waals surface area (Å²) in [4.78, 5) is 12.6. The number of aryl methyl sites for hydroxylation is 1. The quantitative estimate of drug-likeness (QED) is 0.773. The van der Waals surface area contributed by atoms with E-state index >= 15 is 0 Å². The Morgan fingerprint density at radius 1 is 1.40 bits per heavy atom. The number of rotatable bonds is 7. The molecular weight excluding hydrogens is 252 g/mol. The summed E-state index contributed by atoms with van der Waals surface area (Å²) in [5.41, 5.74) is 3.71. The van der Waals surface area contributed by atoms with E-state index in [4.69, 9.17) is 4.74 Å². The predicted octanol–water partition coefficient (Wildman–Crippen LogP) is 1.73. The van der Waals surface area contributed by atoms with Crippen LogP contribution < -0.4 is 10.9 Å². The zero-order valence-electron chi connectivity index (χ0n) is 12.9. The molecular formula is C16H26N2O2. The zero-order chi connectivity index (χ0) is 14.5. The Labute approximate surface area is 121 Å². The highest BCUT2D eigenvalue weighted by molar-refractivity contribution is 5.30. The minimum absolute atomic E-state index is 0.185. The second kappa shape index (κ2) is 7.04. The lowest BCUT2D eigenvalue weighted by atomic mass is 10.1. The van der Waals surface area contributed by atoms with E-state index in [0.717, 1.165) is 31.5 Å². The maximum Gasteiger partial charge on any atom is 0.255 e. The standard InChI is InChI=1S/C16H26N2O2/c1-12(2)11-18-15-6-4-5-13(15)9-14(16(18)19)10-17-7-8-20-3/h9,12,17H,4-8,10-11H2,1-3H3. The van der Waals surface area contributed by atoms with E-state index in [9.17, 15) is 4.79 Å². The molecule has 4 heteroatoms. The van der Waals surface area contributed by atoms with Crippen molar-refractivity contribution in [1.29, 1.82) is 0 Å². The fourth-order valence-corrected chi connectivity index (χ4v) is 2.87. The second-order valence-corrected chi connectivity index (χ2v) is 5.97. The number of fused-ring (bicyclic) bond motifs is 1. The summed E-state index contributed by atoms with van der Waals surface area (Å²) in [7, 11) is 1.69. The van der Waals surface area contributed by atoms with Gasteiger partial charge in [-0.25, -0.2) is 0 Å². The average molecular weight is 278 g/mol. The van der Waals surface area contributed by atoms with Crippen LogP contribution in [0.1, 0.15) is 37.1 Å². The summed E-state index contributed by atoms with van der Waals surface area (Å²) in [6, 6.07) is 2.11. The first kappa shape index (κ1) is 15.3. The minimum Gasteiger partial charge on any atom is -0.383 e. The number of ether oxygens (including phenoxy) is 1. The molecule has 1 heterocycles. The third kappa shape index (κ3) is 3.49. The van der Waals surface area contributed by atoms with Crippen molar-refractivity contribution >= 4 is 0 Å². The van der Waals surface area contributed by atoms with Gasteiger partial charge in [0, 0.05) is 38.0 Å². The van der Waals surface area contributed by atoms with Crippen LogP contribution in [0.5, 0.6) is 0 Å². The van der Waals surface area contributed by atoms with Crippen LogP contribution in [-0.4, -0.2) is 24.8 Å². The Balaban J connectivity index is 2.22. The van der Waals surface area contributed by atoms with Crippen LogP contribution in [0, 0.1) is 5.92 Å². The van der Waals surface area contributed by atoms with Gasteiger partial charge in [-0.15, -0.1) is 0 Å². The van der Waals surface area contributed by atoms with Gasteiger partial charge >= 0.3 is 0 Å². The van der Waals surface area contributed by atoms with Crippen LogP contribution in [0.25, 0.3) is 0 Å². The van der Waals surface area contributed by atoms with Crippen LogP contribution in [0.3, 0.4) is 0 Å². The van der Waals surface area contributed by atoms with E-state index < -0.39 is 0 Å². The molecule has 0 radical (unpaired) electrons. The molecule has 0 bridgehead atoms. The fraction of sp³-hybridized carbons (Fsp3) is 0.688. The molecule has 0 aliphatic heterocycles. The van der Waals surface area contributed by atoms with Gasteiger partial charge in [0.05, 0.1) is 6.61 Å². The highest BCUT2D eigenvalue weighted by Gasteiger charge is 2.19. The maximum absolute atomic E-state index is 12.6. The smallest absolute Gasteiger partial charge is 0.255 e. The maximum atomic E-state index is 12.6. The van der Waals surface area contributed by atoms with Gasteiger partial charge in [-0.1, -0.05) is 13.8 Å². The molecule has 1 aliphatic carbocycles. The molecule has 1 N–H and O–H groups in total. The molecule has 0 spiro atoms. The topological polar surface area (TPSA) is 43.3 Å². The van der Waals surface area contributed by atoms with Crippen molar-refractivity contribution in [2.75, 3.05) is 20.3 Å². The molecule has 112 valence electrons. The van der Waals surface area contributed by atoms with Gasteiger partial charge in [0.1, 0.15) is 0 Å². The fourth-order valence-electron chi connectivity index (χ4n) is 2.87. The van der Waals surface area contributed by atoms with Crippen molar-refractivity contribution in [2.24, 2.45) is 5.92 Å². The molecule has 1 aromatic rings. The Morgan fingerprint density at radius 2 is 2.20 bits per heavy atom. The highest BCUT2D eigenvalue weighted by atomic mass is 16.5. The zero-order valence-corrected chi connectivity index (χ0v) is 12.9. The highest BCUT2D eigenvalue weighted by Crippen LogP contribution is 2.22. The predicted molar refractivity (Wildman–Crippen MR) is 81.1 cm³/mol. The van der Waals surface area contributed by atoms with Gasteiger partial charge in [-0.2, -0.15) is 0 Å². The molecule has 0 amide bonds. The lowest BCUT2D eigenvalue weighted by Crippen LogP contribution is -2.31. The minimum atomic E-state index is 0.185. The number of methoxy groups -OCH3 is 1. The molecule has 0 atom stereocenters. The first-order chi connectivity index (χ1) is 9.63. The van der Waals surface area contributed by atoms with E-state index in [2.05, 4.69) is 25.2 Å². The number of aromatic nitrogens is 1. The van der Waals surface area contributed by atoms with Gasteiger partial charge in [0.25, 0.3) is 5.56 Å². The number of hydrogen-bond acceptors (Lipinski definition) is 3. The first-order valence-electron chi connectivity index (χ1n) is 7.57. The Morgan fingerprint density at radius 3 is 2.90 bits per heavy atom. The van der Waals surface area contributed by atoms with E-state index in [1.807, 2.05) is 4.57 Å². The number of nitrogens with zero attached hydrogens (tertiary/aromatic N) is 1. The van der Waals surface area contributed by atoms with Crippen LogP contribution in [0.2, 0.25) is 0 Å². The van der Waals surface area contributed by atoms with Gasteiger partial charge < -0.3 is 14.6 Å². The van der Waals surface area contributed by atoms with Crippen LogP contribution >= 0.6 is 0 Å². The largest absolute Gasteiger partial charge is 0.383 e. The van der Waals surface area contributed by atoms with Crippen molar-refractivity contribution in [3.63, 3.8) is 0 Å². The van der Waals surface area contributed by atoms with Crippen molar-refractivity contribution in [1.82, 2.24) is 9.88 Å². The lowest BCUT2D eigenvalue weighted by Gasteiger charge is -2.16. The van der Waals surface area contributed by atoms with Crippen LogP contribution in [0.15, 0.2) is 10.9 Å². The van der Waals surface area contributed by atoms with Gasteiger partial charge in [0.15, 0.2) is 0 Å². The SMILES string of the molecule is COCCNCc1cc2c(n(CC(C)C)c1=O)CCC2. The average Bonchev–Trinajstić information content (AvgIpc) is 2.86. The number of nitrogens with one attached hydrogen (secondary N) is 1. The number of pyridine rings is 1. The Bertz CT molecular complexity index is 506. The molecule has 0 fully saturated rings. The summed E-state index contributed by atoms with van der Waals surface area (Å²) < 4.78 is 7.03. The molecule has 0 saturated heterocycles. The summed E-state index contributed by atoms with van der Waals surface area (Å²) >= 11 is 0. The third-order valence-corrected chi connectivity index (χ3v) is 3.77. The summed E-state index contributed by atoms with van der Waals surface area (Å²) in [5, 5.41) is 3.28. The van der Waals surface area contributed by atoms with Crippen molar-refractivity contribution in [3.8, 4) is 0 Å². The Kier molecular flexibility index (Phi) is 5.38. The van der Waals surface area contributed by atoms with Gasteiger partial charge in [-0.3, -0.25) is 4.79 Å².